The fourth-order valence-electron chi connectivity index (χ4n) is 4.23. The van der Waals surface area contributed by atoms with Crippen molar-refractivity contribution >= 4 is 11.3 Å². The van der Waals surface area contributed by atoms with E-state index in [1.165, 1.54) is 5.56 Å². The normalized spacial score (nSPS) is 25.6. The molecule has 5 rings (SSSR count). The number of fused-ring (bicyclic) bond motifs is 2. The molecule has 27 heavy (non-hydrogen) atoms. The number of hydrogen-bond acceptors (Lipinski definition) is 6. The molecule has 0 spiro atoms. The van der Waals surface area contributed by atoms with E-state index in [9.17, 15) is 0 Å². The minimum atomic E-state index is 0.164. The molecule has 0 aliphatic carbocycles. The van der Waals surface area contributed by atoms with Gasteiger partial charge in [-0.1, -0.05) is 37.3 Å². The SMILES string of the molecule is CCc1cc(N[C@@H]2C[C@H]3CO[C@@H](c4ccccc4)CN3C2)c2nncn2n1. The highest BCUT2D eigenvalue weighted by molar-refractivity contribution is 5.67. The molecule has 1 aromatic carbocycles. The summed E-state index contributed by atoms with van der Waals surface area (Å²) in [6, 6.07) is 13.5. The number of hydrogen-bond donors (Lipinski definition) is 1. The molecular weight excluding hydrogens is 340 g/mol. The number of aryl methyl sites for hydroxylation is 1. The summed E-state index contributed by atoms with van der Waals surface area (Å²) in [5, 5.41) is 16.5. The predicted octanol–water partition coefficient (Wildman–Crippen LogP) is 2.31. The zero-order valence-corrected chi connectivity index (χ0v) is 15.5. The molecule has 2 fully saturated rings. The Morgan fingerprint density at radius 1 is 1.22 bits per heavy atom. The molecule has 3 atom stereocenters. The summed E-state index contributed by atoms with van der Waals surface area (Å²) in [7, 11) is 0. The lowest BCUT2D eigenvalue weighted by Gasteiger charge is -2.35. The Labute approximate surface area is 158 Å². The maximum absolute atomic E-state index is 6.16. The molecular formula is C20H24N6O. The fraction of sp³-hybridized carbons (Fsp3) is 0.450. The Morgan fingerprint density at radius 3 is 2.96 bits per heavy atom. The summed E-state index contributed by atoms with van der Waals surface area (Å²) in [4.78, 5) is 2.56. The summed E-state index contributed by atoms with van der Waals surface area (Å²) in [6.07, 6.45) is 3.79. The summed E-state index contributed by atoms with van der Waals surface area (Å²) < 4.78 is 7.93. The van der Waals surface area contributed by atoms with Crippen molar-refractivity contribution in [3.05, 3.63) is 54.0 Å². The van der Waals surface area contributed by atoms with Gasteiger partial charge in [-0.2, -0.15) is 9.61 Å². The van der Waals surface area contributed by atoms with Crippen molar-refractivity contribution in [3.63, 3.8) is 0 Å². The Bertz CT molecular complexity index is 927. The first-order valence-corrected chi connectivity index (χ1v) is 9.67. The number of rotatable bonds is 4. The maximum atomic E-state index is 6.16. The van der Waals surface area contributed by atoms with Crippen LogP contribution in [0.4, 0.5) is 5.69 Å². The number of morpholine rings is 1. The number of ether oxygens (including phenoxy) is 1. The topological polar surface area (TPSA) is 67.6 Å². The molecule has 2 saturated heterocycles. The maximum Gasteiger partial charge on any atom is 0.200 e. The lowest BCUT2D eigenvalue weighted by atomic mass is 10.1. The first kappa shape index (κ1) is 16.6. The number of nitrogens with zero attached hydrogens (tertiary/aromatic N) is 5. The van der Waals surface area contributed by atoms with Crippen LogP contribution in [0.25, 0.3) is 5.65 Å². The summed E-state index contributed by atoms with van der Waals surface area (Å²) in [5.41, 5.74) is 4.10. The van der Waals surface area contributed by atoms with Gasteiger partial charge in [-0.15, -0.1) is 10.2 Å². The van der Waals surface area contributed by atoms with E-state index in [0.29, 0.717) is 12.1 Å². The third-order valence-corrected chi connectivity index (χ3v) is 5.63. The van der Waals surface area contributed by atoms with Gasteiger partial charge in [0.2, 0.25) is 5.65 Å². The molecule has 140 valence electrons. The second kappa shape index (κ2) is 6.90. The van der Waals surface area contributed by atoms with Gasteiger partial charge in [-0.25, -0.2) is 0 Å². The standard InChI is InChI=1S/C20H24N6O/c1-2-15-9-18(20-23-21-13-26(20)24-15)22-16-8-17-12-27-19(11-25(17)10-16)14-6-4-3-5-7-14/h3-7,9,13,16-17,19,22H,2,8,10-12H2,1H3/t16-,17+,19-/m1/s1. The van der Waals surface area contributed by atoms with Crippen LogP contribution in [0, 0.1) is 0 Å². The van der Waals surface area contributed by atoms with Crippen molar-refractivity contribution in [2.75, 3.05) is 25.0 Å². The number of aromatic nitrogens is 4. The lowest BCUT2D eigenvalue weighted by Crippen LogP contribution is -2.42. The van der Waals surface area contributed by atoms with Crippen molar-refractivity contribution in [1.29, 1.82) is 0 Å². The lowest BCUT2D eigenvalue weighted by molar-refractivity contribution is -0.0501. The van der Waals surface area contributed by atoms with E-state index in [1.54, 1.807) is 10.8 Å². The Hall–Kier alpha value is -2.51. The van der Waals surface area contributed by atoms with Crippen molar-refractivity contribution in [2.45, 2.75) is 38.0 Å². The van der Waals surface area contributed by atoms with Crippen LogP contribution in [0.15, 0.2) is 42.7 Å². The molecule has 0 bridgehead atoms. The van der Waals surface area contributed by atoms with Gasteiger partial charge in [-0.3, -0.25) is 4.90 Å². The van der Waals surface area contributed by atoms with E-state index in [2.05, 4.69) is 68.8 Å². The summed E-state index contributed by atoms with van der Waals surface area (Å²) in [5.74, 6) is 0. The van der Waals surface area contributed by atoms with Gasteiger partial charge >= 0.3 is 0 Å². The van der Waals surface area contributed by atoms with Crippen LogP contribution in [0.2, 0.25) is 0 Å². The van der Waals surface area contributed by atoms with E-state index < -0.39 is 0 Å². The smallest absolute Gasteiger partial charge is 0.200 e. The van der Waals surface area contributed by atoms with Crippen LogP contribution in [0.5, 0.6) is 0 Å². The van der Waals surface area contributed by atoms with Crippen molar-refractivity contribution in [3.8, 4) is 0 Å². The highest BCUT2D eigenvalue weighted by Crippen LogP contribution is 2.31. The largest absolute Gasteiger partial charge is 0.378 e. The molecule has 4 heterocycles. The van der Waals surface area contributed by atoms with Crippen LogP contribution in [0.3, 0.4) is 0 Å². The molecule has 3 aromatic rings. The highest BCUT2D eigenvalue weighted by Gasteiger charge is 2.38. The van der Waals surface area contributed by atoms with Gasteiger partial charge in [0.25, 0.3) is 0 Å². The van der Waals surface area contributed by atoms with E-state index in [4.69, 9.17) is 4.74 Å². The van der Waals surface area contributed by atoms with Crippen LogP contribution in [-0.4, -0.2) is 56.5 Å². The van der Waals surface area contributed by atoms with Gasteiger partial charge in [0.15, 0.2) is 0 Å². The Morgan fingerprint density at radius 2 is 2.11 bits per heavy atom. The Balaban J connectivity index is 1.31. The molecule has 2 aliphatic heterocycles. The second-order valence-corrected chi connectivity index (χ2v) is 7.42. The van der Waals surface area contributed by atoms with Crippen molar-refractivity contribution < 1.29 is 4.74 Å². The van der Waals surface area contributed by atoms with E-state index in [-0.39, 0.29) is 6.10 Å². The fourth-order valence-corrected chi connectivity index (χ4v) is 4.23. The molecule has 0 unspecified atom stereocenters. The van der Waals surface area contributed by atoms with Crippen LogP contribution in [-0.2, 0) is 11.2 Å². The third-order valence-electron chi connectivity index (χ3n) is 5.63. The van der Waals surface area contributed by atoms with E-state index in [0.717, 1.165) is 49.6 Å². The molecule has 2 aliphatic rings. The number of anilines is 1. The summed E-state index contributed by atoms with van der Waals surface area (Å²) in [6.45, 7) is 4.86. The first-order chi connectivity index (χ1) is 13.3. The van der Waals surface area contributed by atoms with Crippen LogP contribution in [0.1, 0.15) is 30.7 Å². The molecule has 0 radical (unpaired) electrons. The average Bonchev–Trinajstić information content (AvgIpc) is 3.34. The predicted molar refractivity (Wildman–Crippen MR) is 103 cm³/mol. The molecule has 0 saturated carbocycles. The Kier molecular flexibility index (Phi) is 4.26. The average molecular weight is 364 g/mol. The quantitative estimate of drug-likeness (QED) is 0.766. The van der Waals surface area contributed by atoms with Crippen LogP contribution >= 0.6 is 0 Å². The highest BCUT2D eigenvalue weighted by atomic mass is 16.5. The molecule has 0 amide bonds. The van der Waals surface area contributed by atoms with Gasteiger partial charge in [0, 0.05) is 25.2 Å². The zero-order valence-electron chi connectivity index (χ0n) is 15.5. The number of benzene rings is 1. The van der Waals surface area contributed by atoms with Gasteiger partial charge in [0.05, 0.1) is 24.1 Å². The summed E-state index contributed by atoms with van der Waals surface area (Å²) >= 11 is 0. The molecule has 7 nitrogen and oxygen atoms in total. The van der Waals surface area contributed by atoms with Crippen LogP contribution < -0.4 is 5.32 Å². The monoisotopic (exact) mass is 364 g/mol. The minimum Gasteiger partial charge on any atom is -0.378 e. The number of nitrogens with one attached hydrogen (secondary N) is 1. The van der Waals surface area contributed by atoms with Crippen molar-refractivity contribution in [1.82, 2.24) is 24.7 Å². The molecule has 1 N–H and O–H groups in total. The van der Waals surface area contributed by atoms with Gasteiger partial charge < -0.3 is 10.1 Å². The van der Waals surface area contributed by atoms with Crippen molar-refractivity contribution in [2.24, 2.45) is 0 Å². The van der Waals surface area contributed by atoms with Gasteiger partial charge in [-0.05, 0) is 24.5 Å². The van der Waals surface area contributed by atoms with E-state index in [1.807, 2.05) is 0 Å². The molecule has 7 heteroatoms. The molecule has 2 aromatic heterocycles. The zero-order chi connectivity index (χ0) is 18.2. The first-order valence-electron chi connectivity index (χ1n) is 9.67. The van der Waals surface area contributed by atoms with Gasteiger partial charge in [0.1, 0.15) is 6.33 Å². The van der Waals surface area contributed by atoms with E-state index >= 15 is 0 Å². The third kappa shape index (κ3) is 3.17. The minimum absolute atomic E-state index is 0.164. The second-order valence-electron chi connectivity index (χ2n) is 7.42.